The van der Waals surface area contributed by atoms with Crippen LogP contribution in [0.1, 0.15) is 12.8 Å². The predicted molar refractivity (Wildman–Crippen MR) is 68.4 cm³/mol. The van der Waals surface area contributed by atoms with E-state index in [1.54, 1.807) is 0 Å². The summed E-state index contributed by atoms with van der Waals surface area (Å²) in [6, 6.07) is 0.194. The highest BCUT2D eigenvalue weighted by Crippen LogP contribution is 2.33. The maximum absolute atomic E-state index is 10.5. The summed E-state index contributed by atoms with van der Waals surface area (Å²) in [6.45, 7) is 0.185. The van der Waals surface area contributed by atoms with Crippen LogP contribution in [0.3, 0.4) is 0 Å². The van der Waals surface area contributed by atoms with Crippen LogP contribution in [0.5, 0.6) is 0 Å². The molecule has 5 N–H and O–H groups in total. The summed E-state index contributed by atoms with van der Waals surface area (Å²) in [7, 11) is 0. The van der Waals surface area contributed by atoms with Gasteiger partial charge in [-0.25, -0.2) is 0 Å². The second-order valence-electron chi connectivity index (χ2n) is 4.22. The molecule has 7 nitrogen and oxygen atoms in total. The van der Waals surface area contributed by atoms with Crippen LogP contribution in [0.4, 0.5) is 17.5 Å². The molecule has 2 rings (SSSR count). The van der Waals surface area contributed by atoms with Crippen LogP contribution >= 0.6 is 11.6 Å². The van der Waals surface area contributed by atoms with Crippen molar-refractivity contribution in [2.45, 2.75) is 18.9 Å². The quantitative estimate of drug-likeness (QED) is 0.457. The molecular weight excluding hydrogens is 258 g/mol. The molecule has 1 fully saturated rings. The number of nitrogens with two attached hydrogens (primary N) is 1. The molecule has 1 heterocycles. The van der Waals surface area contributed by atoms with Crippen molar-refractivity contribution in [3.63, 3.8) is 0 Å². The molecule has 1 aromatic heterocycles. The van der Waals surface area contributed by atoms with Gasteiger partial charge in [-0.05, 0) is 18.8 Å². The summed E-state index contributed by atoms with van der Waals surface area (Å²) < 4.78 is 0. The molecule has 1 aliphatic carbocycles. The first-order valence-electron chi connectivity index (χ1n) is 5.54. The number of amides is 1. The largest absolute Gasteiger partial charge is 0.396 e. The highest BCUT2D eigenvalue weighted by Gasteiger charge is 2.29. The number of nitrogen functional groups attached to an aromatic ring is 1. The normalized spacial score (nSPS) is 22.1. The van der Waals surface area contributed by atoms with Gasteiger partial charge in [0.2, 0.25) is 12.4 Å². The molecule has 0 saturated heterocycles. The number of carbonyl (C=O) groups excluding carboxylic acids is 1. The summed E-state index contributed by atoms with van der Waals surface area (Å²) in [5.74, 6) is 0.762. The number of carbonyl (C=O) groups is 1. The van der Waals surface area contributed by atoms with Gasteiger partial charge in [-0.15, -0.1) is 0 Å². The third-order valence-electron chi connectivity index (χ3n) is 2.92. The molecule has 0 unspecified atom stereocenters. The fourth-order valence-corrected chi connectivity index (χ4v) is 2.17. The van der Waals surface area contributed by atoms with Crippen LogP contribution in [0.25, 0.3) is 0 Å². The number of aromatic nitrogens is 2. The molecular formula is C10H14ClN5O2. The van der Waals surface area contributed by atoms with Crippen LogP contribution in [0.2, 0.25) is 5.15 Å². The average molecular weight is 272 g/mol. The molecule has 0 bridgehead atoms. The van der Waals surface area contributed by atoms with Gasteiger partial charge in [-0.1, -0.05) is 11.6 Å². The third kappa shape index (κ3) is 2.62. The Balaban J connectivity index is 2.13. The predicted octanol–water partition coefficient (Wildman–Crippen LogP) is 0.463. The second-order valence-corrected chi connectivity index (χ2v) is 4.58. The SMILES string of the molecule is Nc1nc(Cl)c(NC=O)c(NC2CC(CO)C2)n1. The minimum absolute atomic E-state index is 0.0389. The number of anilines is 3. The van der Waals surface area contributed by atoms with E-state index in [4.69, 9.17) is 22.4 Å². The first-order chi connectivity index (χ1) is 8.63. The molecule has 0 radical (unpaired) electrons. The second kappa shape index (κ2) is 5.36. The van der Waals surface area contributed by atoms with Crippen molar-refractivity contribution in [2.75, 3.05) is 23.0 Å². The van der Waals surface area contributed by atoms with Crippen LogP contribution in [-0.4, -0.2) is 34.1 Å². The van der Waals surface area contributed by atoms with Crippen molar-refractivity contribution >= 4 is 35.5 Å². The van der Waals surface area contributed by atoms with Crippen molar-refractivity contribution in [2.24, 2.45) is 5.92 Å². The molecule has 18 heavy (non-hydrogen) atoms. The minimum Gasteiger partial charge on any atom is -0.396 e. The van der Waals surface area contributed by atoms with Crippen molar-refractivity contribution < 1.29 is 9.90 Å². The zero-order valence-corrected chi connectivity index (χ0v) is 10.3. The molecule has 1 amide bonds. The molecule has 1 saturated carbocycles. The van der Waals surface area contributed by atoms with Gasteiger partial charge in [0.25, 0.3) is 0 Å². The van der Waals surface area contributed by atoms with Gasteiger partial charge in [-0.2, -0.15) is 9.97 Å². The number of nitrogens with zero attached hydrogens (tertiary/aromatic N) is 2. The van der Waals surface area contributed by atoms with Crippen molar-refractivity contribution in [3.05, 3.63) is 5.15 Å². The van der Waals surface area contributed by atoms with Gasteiger partial charge in [0.1, 0.15) is 5.69 Å². The van der Waals surface area contributed by atoms with Crippen LogP contribution in [0.15, 0.2) is 0 Å². The summed E-state index contributed by atoms with van der Waals surface area (Å²) in [6.07, 6.45) is 2.19. The monoisotopic (exact) mass is 271 g/mol. The van der Waals surface area contributed by atoms with E-state index in [0.29, 0.717) is 23.8 Å². The zero-order chi connectivity index (χ0) is 13.1. The van der Waals surface area contributed by atoms with E-state index in [-0.39, 0.29) is 23.8 Å². The Morgan fingerprint density at radius 2 is 2.22 bits per heavy atom. The Morgan fingerprint density at radius 3 is 2.83 bits per heavy atom. The average Bonchev–Trinajstić information content (AvgIpc) is 2.27. The molecule has 0 spiro atoms. The van der Waals surface area contributed by atoms with Gasteiger partial charge in [0, 0.05) is 12.6 Å². The summed E-state index contributed by atoms with van der Waals surface area (Å²) in [5.41, 5.74) is 5.82. The molecule has 98 valence electrons. The van der Waals surface area contributed by atoms with Crippen molar-refractivity contribution in [1.82, 2.24) is 9.97 Å². The molecule has 1 aliphatic rings. The molecule has 8 heteroatoms. The Morgan fingerprint density at radius 1 is 1.50 bits per heavy atom. The third-order valence-corrected chi connectivity index (χ3v) is 3.19. The van der Waals surface area contributed by atoms with Crippen molar-refractivity contribution in [3.8, 4) is 0 Å². The van der Waals surface area contributed by atoms with Gasteiger partial charge in [0.05, 0.1) is 0 Å². The van der Waals surface area contributed by atoms with E-state index in [0.717, 1.165) is 12.8 Å². The Hall–Kier alpha value is -1.60. The molecule has 0 aliphatic heterocycles. The van der Waals surface area contributed by atoms with Gasteiger partial charge < -0.3 is 21.5 Å². The van der Waals surface area contributed by atoms with E-state index >= 15 is 0 Å². The number of aliphatic hydroxyl groups is 1. The van der Waals surface area contributed by atoms with Gasteiger partial charge in [-0.3, -0.25) is 4.79 Å². The van der Waals surface area contributed by atoms with E-state index in [9.17, 15) is 4.79 Å². The number of hydrogen-bond acceptors (Lipinski definition) is 6. The maximum Gasteiger partial charge on any atom is 0.223 e. The number of halogens is 1. The first kappa shape index (κ1) is 12.8. The zero-order valence-electron chi connectivity index (χ0n) is 9.56. The van der Waals surface area contributed by atoms with E-state index < -0.39 is 0 Å². The van der Waals surface area contributed by atoms with E-state index in [1.807, 2.05) is 0 Å². The Bertz CT molecular complexity index is 450. The number of aliphatic hydroxyl groups excluding tert-OH is 1. The number of nitrogens with one attached hydrogen (secondary N) is 2. The van der Waals surface area contributed by atoms with Crippen LogP contribution < -0.4 is 16.4 Å². The maximum atomic E-state index is 10.5. The molecule has 0 aromatic carbocycles. The molecule has 0 atom stereocenters. The smallest absolute Gasteiger partial charge is 0.223 e. The number of hydrogen-bond donors (Lipinski definition) is 4. The fraction of sp³-hybridized carbons (Fsp3) is 0.500. The first-order valence-corrected chi connectivity index (χ1v) is 5.92. The number of rotatable bonds is 5. The minimum atomic E-state index is 0.0389. The highest BCUT2D eigenvalue weighted by atomic mass is 35.5. The van der Waals surface area contributed by atoms with E-state index in [2.05, 4.69) is 20.6 Å². The lowest BCUT2D eigenvalue weighted by Crippen LogP contribution is -2.37. The Labute approximate surface area is 109 Å². The van der Waals surface area contributed by atoms with Gasteiger partial charge >= 0.3 is 0 Å². The van der Waals surface area contributed by atoms with Crippen molar-refractivity contribution in [1.29, 1.82) is 0 Å². The Kier molecular flexibility index (Phi) is 3.83. The van der Waals surface area contributed by atoms with Gasteiger partial charge in [0.15, 0.2) is 11.0 Å². The standard InChI is InChI=1S/C10H14ClN5O2/c11-8-7(13-4-18)9(16-10(12)15-8)14-6-1-5(2-6)3-17/h4-6,17H,1-3H2,(H,13,18)(H3,12,14,15,16). The lowest BCUT2D eigenvalue weighted by Gasteiger charge is -2.35. The summed E-state index contributed by atoms with van der Waals surface area (Å²) in [4.78, 5) is 18.3. The lowest BCUT2D eigenvalue weighted by atomic mass is 9.81. The summed E-state index contributed by atoms with van der Waals surface area (Å²) in [5, 5.41) is 14.6. The van der Waals surface area contributed by atoms with Crippen LogP contribution in [-0.2, 0) is 4.79 Å². The highest BCUT2D eigenvalue weighted by molar-refractivity contribution is 6.33. The molecule has 1 aromatic rings. The summed E-state index contributed by atoms with van der Waals surface area (Å²) >= 11 is 5.88. The topological polar surface area (TPSA) is 113 Å². The van der Waals surface area contributed by atoms with E-state index in [1.165, 1.54) is 0 Å². The lowest BCUT2D eigenvalue weighted by molar-refractivity contribution is -0.105. The fourth-order valence-electron chi connectivity index (χ4n) is 1.94. The van der Waals surface area contributed by atoms with Crippen LogP contribution in [0, 0.1) is 5.92 Å².